The first-order valence-electron chi connectivity index (χ1n) is 5.33. The molecule has 0 spiro atoms. The van der Waals surface area contributed by atoms with Crippen LogP contribution < -0.4 is 10.1 Å². The standard InChI is InChI=1S/C12H13Cl2NO3/c1-8(16)4-5-15-12(17)7-18-11-3-2-9(13)6-10(11)14/h2-3,6H,4-5,7H2,1H3,(H,15,17). The van der Waals surface area contributed by atoms with Crippen molar-refractivity contribution in [3.05, 3.63) is 28.2 Å². The number of carbonyl (C=O) groups excluding carboxylic acids is 2. The molecule has 0 atom stereocenters. The molecule has 0 unspecified atom stereocenters. The van der Waals surface area contributed by atoms with Crippen molar-refractivity contribution < 1.29 is 14.3 Å². The molecular weight excluding hydrogens is 277 g/mol. The van der Waals surface area contributed by atoms with Gasteiger partial charge in [-0.15, -0.1) is 0 Å². The van der Waals surface area contributed by atoms with Gasteiger partial charge in [0, 0.05) is 18.0 Å². The second-order valence-corrected chi connectivity index (χ2v) is 4.51. The minimum absolute atomic E-state index is 0.0250. The highest BCUT2D eigenvalue weighted by Gasteiger charge is 2.06. The molecule has 0 fully saturated rings. The number of hydrogen-bond acceptors (Lipinski definition) is 3. The lowest BCUT2D eigenvalue weighted by Gasteiger charge is -2.08. The van der Waals surface area contributed by atoms with E-state index in [0.29, 0.717) is 28.8 Å². The monoisotopic (exact) mass is 289 g/mol. The van der Waals surface area contributed by atoms with Gasteiger partial charge in [-0.2, -0.15) is 0 Å². The zero-order valence-corrected chi connectivity index (χ0v) is 11.3. The van der Waals surface area contributed by atoms with E-state index in [4.69, 9.17) is 27.9 Å². The number of ketones is 1. The molecule has 0 aromatic heterocycles. The summed E-state index contributed by atoms with van der Waals surface area (Å²) >= 11 is 11.6. The van der Waals surface area contributed by atoms with Gasteiger partial charge in [-0.3, -0.25) is 9.59 Å². The van der Waals surface area contributed by atoms with Crippen LogP contribution in [-0.2, 0) is 9.59 Å². The summed E-state index contributed by atoms with van der Waals surface area (Å²) in [5.74, 6) is 0.113. The first-order chi connectivity index (χ1) is 8.49. The molecule has 0 saturated carbocycles. The summed E-state index contributed by atoms with van der Waals surface area (Å²) in [7, 11) is 0. The number of ether oxygens (including phenoxy) is 1. The smallest absolute Gasteiger partial charge is 0.257 e. The Morgan fingerprint density at radius 1 is 1.33 bits per heavy atom. The fourth-order valence-corrected chi connectivity index (χ4v) is 1.63. The molecule has 1 aromatic rings. The Bertz CT molecular complexity index is 449. The predicted octanol–water partition coefficient (Wildman–Crippen LogP) is 2.47. The van der Waals surface area contributed by atoms with Crippen LogP contribution in [0, 0.1) is 0 Å². The average molecular weight is 290 g/mol. The summed E-state index contributed by atoms with van der Waals surface area (Å²) < 4.78 is 5.22. The Labute approximate surface area is 115 Å². The Morgan fingerprint density at radius 3 is 2.67 bits per heavy atom. The van der Waals surface area contributed by atoms with Crippen molar-refractivity contribution in [1.29, 1.82) is 0 Å². The van der Waals surface area contributed by atoms with E-state index in [-0.39, 0.29) is 18.3 Å². The number of nitrogens with one attached hydrogen (secondary N) is 1. The van der Waals surface area contributed by atoms with E-state index in [1.54, 1.807) is 12.1 Å². The molecule has 0 aliphatic heterocycles. The summed E-state index contributed by atoms with van der Waals surface area (Å²) in [5.41, 5.74) is 0. The van der Waals surface area contributed by atoms with Crippen LogP contribution in [0.1, 0.15) is 13.3 Å². The second-order valence-electron chi connectivity index (χ2n) is 3.67. The first kappa shape index (κ1) is 14.8. The highest BCUT2D eigenvalue weighted by molar-refractivity contribution is 6.35. The number of halogens is 2. The molecule has 1 N–H and O–H groups in total. The van der Waals surface area contributed by atoms with Gasteiger partial charge in [0.1, 0.15) is 11.5 Å². The van der Waals surface area contributed by atoms with Gasteiger partial charge < -0.3 is 10.1 Å². The lowest BCUT2D eigenvalue weighted by atomic mass is 10.3. The maximum atomic E-state index is 11.4. The minimum Gasteiger partial charge on any atom is -0.482 e. The zero-order valence-electron chi connectivity index (χ0n) is 9.83. The topological polar surface area (TPSA) is 55.4 Å². The summed E-state index contributed by atoms with van der Waals surface area (Å²) in [5, 5.41) is 3.41. The number of rotatable bonds is 6. The van der Waals surface area contributed by atoms with E-state index >= 15 is 0 Å². The molecule has 0 aliphatic carbocycles. The SMILES string of the molecule is CC(=O)CCNC(=O)COc1ccc(Cl)cc1Cl. The minimum atomic E-state index is -0.303. The number of carbonyl (C=O) groups is 2. The van der Waals surface area contributed by atoms with Gasteiger partial charge in [0.15, 0.2) is 6.61 Å². The molecule has 0 aliphatic rings. The van der Waals surface area contributed by atoms with E-state index < -0.39 is 0 Å². The van der Waals surface area contributed by atoms with Crippen molar-refractivity contribution in [3.63, 3.8) is 0 Å². The van der Waals surface area contributed by atoms with Gasteiger partial charge in [-0.05, 0) is 25.1 Å². The number of Topliss-reactive ketones (excluding diaryl/α,β-unsaturated/α-hetero) is 1. The van der Waals surface area contributed by atoms with Crippen molar-refractivity contribution >= 4 is 34.9 Å². The molecule has 18 heavy (non-hydrogen) atoms. The zero-order chi connectivity index (χ0) is 13.5. The Hall–Kier alpha value is -1.26. The first-order valence-corrected chi connectivity index (χ1v) is 6.08. The summed E-state index contributed by atoms with van der Waals surface area (Å²) in [6, 6.07) is 4.75. The van der Waals surface area contributed by atoms with Gasteiger partial charge >= 0.3 is 0 Å². The lowest BCUT2D eigenvalue weighted by Crippen LogP contribution is -2.30. The van der Waals surface area contributed by atoms with Crippen LogP contribution >= 0.6 is 23.2 Å². The molecule has 98 valence electrons. The van der Waals surface area contributed by atoms with Crippen LogP contribution in [0.15, 0.2) is 18.2 Å². The van der Waals surface area contributed by atoms with Crippen molar-refractivity contribution in [2.24, 2.45) is 0 Å². The van der Waals surface area contributed by atoms with Crippen LogP contribution in [0.25, 0.3) is 0 Å². The largest absolute Gasteiger partial charge is 0.482 e. The third-order valence-electron chi connectivity index (χ3n) is 2.05. The third-order valence-corrected chi connectivity index (χ3v) is 2.58. The molecule has 1 rings (SSSR count). The molecule has 1 amide bonds. The number of benzene rings is 1. The fraction of sp³-hybridized carbons (Fsp3) is 0.333. The van der Waals surface area contributed by atoms with Crippen molar-refractivity contribution in [3.8, 4) is 5.75 Å². The van der Waals surface area contributed by atoms with Crippen LogP contribution in [0.5, 0.6) is 5.75 Å². The maximum Gasteiger partial charge on any atom is 0.257 e. The van der Waals surface area contributed by atoms with Crippen LogP contribution in [0.4, 0.5) is 0 Å². The average Bonchev–Trinajstić information content (AvgIpc) is 2.27. The Balaban J connectivity index is 2.36. The van der Waals surface area contributed by atoms with Crippen molar-refractivity contribution in [1.82, 2.24) is 5.32 Å². The second kappa shape index (κ2) is 7.24. The Morgan fingerprint density at radius 2 is 2.06 bits per heavy atom. The van der Waals surface area contributed by atoms with Gasteiger partial charge in [0.25, 0.3) is 5.91 Å². The highest BCUT2D eigenvalue weighted by atomic mass is 35.5. The van der Waals surface area contributed by atoms with E-state index in [9.17, 15) is 9.59 Å². The molecule has 1 aromatic carbocycles. The van der Waals surface area contributed by atoms with Gasteiger partial charge in [-0.1, -0.05) is 23.2 Å². The lowest BCUT2D eigenvalue weighted by molar-refractivity contribution is -0.123. The molecule has 4 nitrogen and oxygen atoms in total. The predicted molar refractivity (Wildman–Crippen MR) is 70.3 cm³/mol. The summed E-state index contributed by atoms with van der Waals surface area (Å²) in [6.45, 7) is 1.63. The van der Waals surface area contributed by atoms with E-state index in [1.807, 2.05) is 0 Å². The summed E-state index contributed by atoms with van der Waals surface area (Å²) in [6.07, 6.45) is 0.313. The number of amides is 1. The van der Waals surface area contributed by atoms with Crippen LogP contribution in [0.2, 0.25) is 10.0 Å². The van der Waals surface area contributed by atoms with E-state index in [0.717, 1.165) is 0 Å². The third kappa shape index (κ3) is 5.38. The van der Waals surface area contributed by atoms with Gasteiger partial charge in [-0.25, -0.2) is 0 Å². The fourth-order valence-electron chi connectivity index (χ4n) is 1.16. The quantitative estimate of drug-likeness (QED) is 0.875. The van der Waals surface area contributed by atoms with E-state index in [1.165, 1.54) is 13.0 Å². The molecule has 0 heterocycles. The molecule has 0 saturated heterocycles. The normalized spacial score (nSPS) is 9.94. The molecule has 6 heteroatoms. The molecule has 0 bridgehead atoms. The Kier molecular flexibility index (Phi) is 5.95. The van der Waals surface area contributed by atoms with Gasteiger partial charge in [0.2, 0.25) is 0 Å². The summed E-state index contributed by atoms with van der Waals surface area (Å²) in [4.78, 5) is 22.0. The van der Waals surface area contributed by atoms with Crippen molar-refractivity contribution in [2.75, 3.05) is 13.2 Å². The van der Waals surface area contributed by atoms with E-state index in [2.05, 4.69) is 5.32 Å². The van der Waals surface area contributed by atoms with Crippen LogP contribution in [-0.4, -0.2) is 24.8 Å². The van der Waals surface area contributed by atoms with Gasteiger partial charge in [0.05, 0.1) is 5.02 Å². The molecular formula is C12H13Cl2NO3. The highest BCUT2D eigenvalue weighted by Crippen LogP contribution is 2.27. The van der Waals surface area contributed by atoms with Crippen LogP contribution in [0.3, 0.4) is 0 Å². The number of hydrogen-bond donors (Lipinski definition) is 1. The molecule has 0 radical (unpaired) electrons. The van der Waals surface area contributed by atoms with Crippen molar-refractivity contribution in [2.45, 2.75) is 13.3 Å². The maximum absolute atomic E-state index is 11.4.